The second-order valence-electron chi connectivity index (χ2n) is 4.59. The number of rotatable bonds is 2. The fraction of sp³-hybridized carbons (Fsp3) is 0.250. The average molecular weight is 223 g/mol. The minimum Gasteiger partial charge on any atom is -0.356 e. The van der Waals surface area contributed by atoms with Gasteiger partial charge in [0.25, 0.3) is 0 Å². The highest BCUT2D eigenvalue weighted by atomic mass is 14.9. The summed E-state index contributed by atoms with van der Waals surface area (Å²) in [5.74, 6) is 0. The van der Waals surface area contributed by atoms with E-state index in [0.29, 0.717) is 0 Å². The van der Waals surface area contributed by atoms with Crippen LogP contribution < -0.4 is 5.32 Å². The Morgan fingerprint density at radius 2 is 1.82 bits per heavy atom. The first-order valence-electron chi connectivity index (χ1n) is 6.34. The first kappa shape index (κ1) is 10.4. The maximum Gasteiger partial charge on any atom is 0.0384 e. The van der Waals surface area contributed by atoms with E-state index < -0.39 is 0 Å². The normalized spacial score (nSPS) is 18.7. The van der Waals surface area contributed by atoms with Crippen LogP contribution in [-0.4, -0.2) is 0 Å². The Morgan fingerprint density at radius 1 is 0.941 bits per heavy atom. The lowest BCUT2D eigenvalue weighted by Crippen LogP contribution is -2.10. The summed E-state index contributed by atoms with van der Waals surface area (Å²) in [4.78, 5) is 0. The zero-order valence-electron chi connectivity index (χ0n) is 9.95. The van der Waals surface area contributed by atoms with Gasteiger partial charge in [-0.3, -0.25) is 0 Å². The zero-order valence-corrected chi connectivity index (χ0v) is 9.95. The lowest BCUT2D eigenvalue weighted by atomic mass is 9.88. The van der Waals surface area contributed by atoms with E-state index in [0.717, 1.165) is 6.42 Å². The number of anilines is 1. The summed E-state index contributed by atoms with van der Waals surface area (Å²) in [6.45, 7) is 0. The molecular formula is C16H17N. The Hall–Kier alpha value is -1.76. The van der Waals surface area contributed by atoms with Gasteiger partial charge in [-0.25, -0.2) is 0 Å². The Kier molecular flexibility index (Phi) is 2.83. The van der Waals surface area contributed by atoms with Crippen molar-refractivity contribution in [3.8, 4) is 0 Å². The summed E-state index contributed by atoms with van der Waals surface area (Å²) >= 11 is 0. The second-order valence-corrected chi connectivity index (χ2v) is 4.59. The molecule has 0 unspecified atom stereocenters. The lowest BCUT2D eigenvalue weighted by molar-refractivity contribution is 0.862. The van der Waals surface area contributed by atoms with Crippen molar-refractivity contribution in [3.63, 3.8) is 0 Å². The first-order chi connectivity index (χ1) is 8.43. The van der Waals surface area contributed by atoms with Gasteiger partial charge in [0.2, 0.25) is 0 Å². The predicted octanol–water partition coefficient (Wildman–Crippen LogP) is 4.42. The van der Waals surface area contributed by atoms with Gasteiger partial charge in [0.05, 0.1) is 0 Å². The molecule has 0 aromatic heterocycles. The van der Waals surface area contributed by atoms with Crippen molar-refractivity contribution in [1.82, 2.24) is 0 Å². The molecule has 0 bridgehead atoms. The topological polar surface area (TPSA) is 12.0 Å². The maximum absolute atomic E-state index is 3.55. The monoisotopic (exact) mass is 223 g/mol. The molecule has 1 aromatic rings. The van der Waals surface area contributed by atoms with E-state index in [1.807, 2.05) is 0 Å². The van der Waals surface area contributed by atoms with Crippen molar-refractivity contribution < 1.29 is 0 Å². The van der Waals surface area contributed by atoms with Gasteiger partial charge in [-0.1, -0.05) is 36.4 Å². The first-order valence-corrected chi connectivity index (χ1v) is 6.34. The van der Waals surface area contributed by atoms with Gasteiger partial charge in [0.1, 0.15) is 0 Å². The molecule has 0 aliphatic heterocycles. The van der Waals surface area contributed by atoms with Crippen molar-refractivity contribution in [2.45, 2.75) is 25.7 Å². The molecule has 0 radical (unpaired) electrons. The van der Waals surface area contributed by atoms with Gasteiger partial charge in [-0.2, -0.15) is 0 Å². The Balaban J connectivity index is 1.86. The highest BCUT2D eigenvalue weighted by Gasteiger charge is 2.16. The van der Waals surface area contributed by atoms with Crippen molar-refractivity contribution >= 4 is 5.69 Å². The third kappa shape index (κ3) is 2.19. The van der Waals surface area contributed by atoms with E-state index in [1.54, 1.807) is 0 Å². The van der Waals surface area contributed by atoms with Crippen LogP contribution >= 0.6 is 0 Å². The molecule has 0 saturated heterocycles. The van der Waals surface area contributed by atoms with E-state index in [-0.39, 0.29) is 0 Å². The van der Waals surface area contributed by atoms with Crippen LogP contribution in [0.25, 0.3) is 0 Å². The Labute approximate surface area is 103 Å². The van der Waals surface area contributed by atoms with Crippen LogP contribution in [0.5, 0.6) is 0 Å². The minimum absolute atomic E-state index is 1.15. The quantitative estimate of drug-likeness (QED) is 0.782. The van der Waals surface area contributed by atoms with Gasteiger partial charge in [0.15, 0.2) is 0 Å². The minimum atomic E-state index is 1.15. The van der Waals surface area contributed by atoms with Crippen molar-refractivity contribution in [2.75, 3.05) is 5.32 Å². The summed E-state index contributed by atoms with van der Waals surface area (Å²) < 4.78 is 0. The number of hydrogen-bond acceptors (Lipinski definition) is 1. The summed E-state index contributed by atoms with van der Waals surface area (Å²) in [6.07, 6.45) is 11.6. The standard InChI is InChI=1S/C16H17N/c1-2-9-14(10-3-1)17-16-12-6-8-13-7-4-5-11-15(13)16/h1-4,7,9-10,12,17H,5-6,8,11H2. The molecule has 1 N–H and O–H groups in total. The molecule has 2 aliphatic carbocycles. The van der Waals surface area contributed by atoms with E-state index in [9.17, 15) is 0 Å². The van der Waals surface area contributed by atoms with Crippen molar-refractivity contribution in [3.05, 3.63) is 65.4 Å². The van der Waals surface area contributed by atoms with Crippen LogP contribution in [0.3, 0.4) is 0 Å². The number of nitrogens with one attached hydrogen (secondary N) is 1. The highest BCUT2D eigenvalue weighted by Crippen LogP contribution is 2.33. The van der Waals surface area contributed by atoms with Gasteiger partial charge in [0, 0.05) is 11.4 Å². The lowest BCUT2D eigenvalue weighted by Gasteiger charge is -2.24. The van der Waals surface area contributed by atoms with Crippen LogP contribution in [0.2, 0.25) is 0 Å². The molecule has 2 aliphatic rings. The predicted molar refractivity (Wildman–Crippen MR) is 72.8 cm³/mol. The summed E-state index contributed by atoms with van der Waals surface area (Å²) in [5, 5.41) is 3.55. The highest BCUT2D eigenvalue weighted by molar-refractivity contribution is 5.56. The van der Waals surface area contributed by atoms with Crippen LogP contribution in [0.4, 0.5) is 5.69 Å². The van der Waals surface area contributed by atoms with Gasteiger partial charge < -0.3 is 5.32 Å². The molecule has 1 heteroatoms. The van der Waals surface area contributed by atoms with E-state index in [1.165, 1.54) is 41.8 Å². The summed E-state index contributed by atoms with van der Waals surface area (Å²) in [7, 11) is 0. The molecule has 0 saturated carbocycles. The zero-order chi connectivity index (χ0) is 11.5. The second kappa shape index (κ2) is 4.62. The fourth-order valence-electron chi connectivity index (χ4n) is 2.55. The molecule has 3 rings (SSSR count). The Morgan fingerprint density at radius 3 is 2.71 bits per heavy atom. The van der Waals surface area contributed by atoms with E-state index >= 15 is 0 Å². The molecule has 0 atom stereocenters. The van der Waals surface area contributed by atoms with Crippen LogP contribution in [0.15, 0.2) is 65.4 Å². The van der Waals surface area contributed by atoms with E-state index in [4.69, 9.17) is 0 Å². The third-order valence-electron chi connectivity index (χ3n) is 3.41. The van der Waals surface area contributed by atoms with Crippen molar-refractivity contribution in [2.24, 2.45) is 0 Å². The van der Waals surface area contributed by atoms with Gasteiger partial charge >= 0.3 is 0 Å². The molecule has 1 nitrogen and oxygen atoms in total. The molecule has 0 spiro atoms. The maximum atomic E-state index is 3.55. The fourth-order valence-corrected chi connectivity index (χ4v) is 2.55. The summed E-state index contributed by atoms with van der Waals surface area (Å²) in [5.41, 5.74) is 5.55. The van der Waals surface area contributed by atoms with Gasteiger partial charge in [-0.15, -0.1) is 0 Å². The van der Waals surface area contributed by atoms with Gasteiger partial charge in [-0.05, 0) is 49.0 Å². The SMILES string of the molecule is C1=CC2=C(CC1)C(Nc1ccccc1)=CCC2. The largest absolute Gasteiger partial charge is 0.356 e. The van der Waals surface area contributed by atoms with Crippen molar-refractivity contribution in [1.29, 1.82) is 0 Å². The molecule has 17 heavy (non-hydrogen) atoms. The number of allylic oxidation sites excluding steroid dienone is 5. The number of benzene rings is 1. The third-order valence-corrected chi connectivity index (χ3v) is 3.41. The van der Waals surface area contributed by atoms with E-state index in [2.05, 4.69) is 53.9 Å². The molecule has 0 amide bonds. The summed E-state index contributed by atoms with van der Waals surface area (Å²) in [6, 6.07) is 10.4. The Bertz CT molecular complexity index is 492. The molecule has 86 valence electrons. The smallest absolute Gasteiger partial charge is 0.0384 e. The van der Waals surface area contributed by atoms with Crippen LogP contribution in [-0.2, 0) is 0 Å². The average Bonchev–Trinajstić information content (AvgIpc) is 2.40. The molecular weight excluding hydrogens is 206 g/mol. The number of para-hydroxylation sites is 1. The molecule has 0 fully saturated rings. The van der Waals surface area contributed by atoms with Crippen LogP contribution in [0.1, 0.15) is 25.7 Å². The van der Waals surface area contributed by atoms with Crippen LogP contribution in [0, 0.1) is 0 Å². The molecule has 0 heterocycles. The molecule has 1 aromatic carbocycles. The number of hydrogen-bond donors (Lipinski definition) is 1.